The number of para-hydroxylation sites is 1. The first-order valence-electron chi connectivity index (χ1n) is 5.66. The van der Waals surface area contributed by atoms with Crippen molar-refractivity contribution in [3.05, 3.63) is 58.1 Å². The van der Waals surface area contributed by atoms with Gasteiger partial charge in [0.1, 0.15) is 0 Å². The maximum Gasteiger partial charge on any atom is 0.237 e. The summed E-state index contributed by atoms with van der Waals surface area (Å²) in [6.07, 6.45) is 0. The van der Waals surface area contributed by atoms with E-state index in [1.54, 1.807) is 30.3 Å². The monoisotopic (exact) mass is 330 g/mol. The highest BCUT2D eigenvalue weighted by Crippen LogP contribution is 2.27. The van der Waals surface area contributed by atoms with Gasteiger partial charge < -0.3 is 5.73 Å². The summed E-state index contributed by atoms with van der Waals surface area (Å²) in [6, 6.07) is 11.3. The summed E-state index contributed by atoms with van der Waals surface area (Å²) in [4.78, 5) is 0. The predicted octanol–water partition coefficient (Wildman–Crippen LogP) is 3.52. The summed E-state index contributed by atoms with van der Waals surface area (Å²) >= 11 is 11.7. The molecule has 2 aromatic carbocycles. The molecule has 0 spiro atoms. The number of nitrogens with one attached hydrogen (secondary N) is 1. The van der Waals surface area contributed by atoms with Gasteiger partial charge in [-0.2, -0.15) is 0 Å². The Morgan fingerprint density at radius 1 is 1.10 bits per heavy atom. The van der Waals surface area contributed by atoms with Crippen LogP contribution in [-0.2, 0) is 15.8 Å². The highest BCUT2D eigenvalue weighted by Gasteiger charge is 2.15. The number of hydrogen-bond acceptors (Lipinski definition) is 3. The average molecular weight is 331 g/mol. The molecule has 4 nitrogen and oxygen atoms in total. The smallest absolute Gasteiger partial charge is 0.237 e. The molecule has 0 aliphatic rings. The molecule has 0 heterocycles. The average Bonchev–Trinajstić information content (AvgIpc) is 2.36. The minimum atomic E-state index is -3.62. The van der Waals surface area contributed by atoms with Crippen molar-refractivity contribution in [2.75, 3.05) is 10.5 Å². The topological polar surface area (TPSA) is 72.2 Å². The Hall–Kier alpha value is -1.43. The Bertz CT molecular complexity index is 733. The third-order valence-electron chi connectivity index (χ3n) is 2.59. The molecule has 0 bridgehead atoms. The van der Waals surface area contributed by atoms with E-state index in [1.165, 1.54) is 12.1 Å². The number of halogens is 2. The molecule has 0 atom stereocenters. The van der Waals surface area contributed by atoms with Gasteiger partial charge in [-0.1, -0.05) is 41.4 Å². The Kier molecular flexibility index (Phi) is 4.42. The maximum atomic E-state index is 12.1. The first kappa shape index (κ1) is 15.0. The van der Waals surface area contributed by atoms with Crippen LogP contribution in [0.3, 0.4) is 0 Å². The number of rotatable bonds is 4. The van der Waals surface area contributed by atoms with Crippen LogP contribution in [0.4, 0.5) is 11.4 Å². The van der Waals surface area contributed by atoms with Gasteiger partial charge in [-0.25, -0.2) is 8.42 Å². The van der Waals surface area contributed by atoms with Gasteiger partial charge >= 0.3 is 0 Å². The van der Waals surface area contributed by atoms with Crippen LogP contribution in [-0.4, -0.2) is 8.42 Å². The fourth-order valence-corrected chi connectivity index (χ4v) is 3.29. The molecule has 7 heteroatoms. The Labute approximate surface area is 127 Å². The zero-order chi connectivity index (χ0) is 14.8. The number of anilines is 2. The van der Waals surface area contributed by atoms with Gasteiger partial charge in [0.2, 0.25) is 10.0 Å². The van der Waals surface area contributed by atoms with Crippen molar-refractivity contribution >= 4 is 44.6 Å². The molecule has 3 N–H and O–H groups in total. The molecule has 0 radical (unpaired) electrons. The third-order valence-corrected chi connectivity index (χ3v) is 4.38. The molecule has 2 rings (SSSR count). The zero-order valence-electron chi connectivity index (χ0n) is 10.3. The molecule has 0 fully saturated rings. The SMILES string of the molecule is Nc1ccccc1CS(=O)(=O)Nc1cc(Cl)ccc1Cl. The quantitative estimate of drug-likeness (QED) is 0.842. The van der Waals surface area contributed by atoms with Crippen LogP contribution >= 0.6 is 23.2 Å². The van der Waals surface area contributed by atoms with Crippen molar-refractivity contribution in [1.82, 2.24) is 0 Å². The molecule has 0 saturated heterocycles. The van der Waals surface area contributed by atoms with Crippen LogP contribution in [0, 0.1) is 0 Å². The molecular formula is C13H12Cl2N2O2S. The lowest BCUT2D eigenvalue weighted by Gasteiger charge is -2.11. The van der Waals surface area contributed by atoms with Crippen LogP contribution in [0.25, 0.3) is 0 Å². The second-order valence-corrected chi connectivity index (χ2v) is 6.75. The summed E-state index contributed by atoms with van der Waals surface area (Å²) in [5.74, 6) is -0.234. The number of hydrogen-bond donors (Lipinski definition) is 2. The molecule has 0 aromatic heterocycles. The fourth-order valence-electron chi connectivity index (χ4n) is 1.65. The van der Waals surface area contributed by atoms with Crippen molar-refractivity contribution < 1.29 is 8.42 Å². The van der Waals surface area contributed by atoms with Gasteiger partial charge in [0, 0.05) is 10.7 Å². The summed E-state index contributed by atoms with van der Waals surface area (Å²) in [7, 11) is -3.62. The van der Waals surface area contributed by atoms with E-state index in [0.29, 0.717) is 16.3 Å². The number of benzene rings is 2. The van der Waals surface area contributed by atoms with Gasteiger partial charge in [0.05, 0.1) is 16.5 Å². The van der Waals surface area contributed by atoms with Gasteiger partial charge in [0.25, 0.3) is 0 Å². The van der Waals surface area contributed by atoms with Crippen LogP contribution < -0.4 is 10.5 Å². The fraction of sp³-hybridized carbons (Fsp3) is 0.0769. The second-order valence-electron chi connectivity index (χ2n) is 4.18. The highest BCUT2D eigenvalue weighted by molar-refractivity contribution is 7.91. The molecule has 20 heavy (non-hydrogen) atoms. The van der Waals surface area contributed by atoms with Crippen LogP contribution in [0.1, 0.15) is 5.56 Å². The van der Waals surface area contributed by atoms with E-state index in [4.69, 9.17) is 28.9 Å². The lowest BCUT2D eigenvalue weighted by molar-refractivity contribution is 0.600. The van der Waals surface area contributed by atoms with E-state index in [1.807, 2.05) is 0 Å². The standard InChI is InChI=1S/C13H12Cl2N2O2S/c14-10-5-6-11(15)13(7-10)17-20(18,19)8-9-3-1-2-4-12(9)16/h1-7,17H,8,16H2. The van der Waals surface area contributed by atoms with Crippen molar-refractivity contribution in [2.45, 2.75) is 5.75 Å². The summed E-state index contributed by atoms with van der Waals surface area (Å²) in [5.41, 5.74) is 6.93. The number of sulfonamides is 1. The van der Waals surface area contributed by atoms with Gasteiger partial charge in [-0.3, -0.25) is 4.72 Å². The summed E-state index contributed by atoms with van der Waals surface area (Å²) < 4.78 is 26.6. The van der Waals surface area contributed by atoms with E-state index in [9.17, 15) is 8.42 Å². The lowest BCUT2D eigenvalue weighted by atomic mass is 10.2. The highest BCUT2D eigenvalue weighted by atomic mass is 35.5. The third kappa shape index (κ3) is 3.79. The van der Waals surface area contributed by atoms with E-state index < -0.39 is 10.0 Å². The molecule has 2 aromatic rings. The summed E-state index contributed by atoms with van der Waals surface area (Å²) in [6.45, 7) is 0. The number of nitrogens with two attached hydrogens (primary N) is 1. The van der Waals surface area contributed by atoms with Crippen molar-refractivity contribution in [3.8, 4) is 0 Å². The Morgan fingerprint density at radius 3 is 2.50 bits per heavy atom. The molecular weight excluding hydrogens is 319 g/mol. The molecule has 106 valence electrons. The largest absolute Gasteiger partial charge is 0.398 e. The minimum Gasteiger partial charge on any atom is -0.398 e. The van der Waals surface area contributed by atoms with E-state index in [-0.39, 0.29) is 16.5 Å². The van der Waals surface area contributed by atoms with Gasteiger partial charge in [0.15, 0.2) is 0 Å². The summed E-state index contributed by atoms with van der Waals surface area (Å²) in [5, 5.41) is 0.672. The van der Waals surface area contributed by atoms with E-state index in [0.717, 1.165) is 0 Å². The van der Waals surface area contributed by atoms with Crippen LogP contribution in [0.2, 0.25) is 10.0 Å². The zero-order valence-corrected chi connectivity index (χ0v) is 12.6. The van der Waals surface area contributed by atoms with Crippen molar-refractivity contribution in [2.24, 2.45) is 0 Å². The van der Waals surface area contributed by atoms with E-state index >= 15 is 0 Å². The Balaban J connectivity index is 2.24. The van der Waals surface area contributed by atoms with Gasteiger partial charge in [-0.15, -0.1) is 0 Å². The first-order chi connectivity index (χ1) is 9.37. The molecule has 0 aliphatic heterocycles. The second kappa shape index (κ2) is 5.91. The van der Waals surface area contributed by atoms with Gasteiger partial charge in [-0.05, 0) is 29.8 Å². The minimum absolute atomic E-state index is 0.234. The normalized spacial score (nSPS) is 11.3. The Morgan fingerprint density at radius 2 is 1.80 bits per heavy atom. The van der Waals surface area contributed by atoms with Crippen LogP contribution in [0.15, 0.2) is 42.5 Å². The maximum absolute atomic E-state index is 12.1. The van der Waals surface area contributed by atoms with E-state index in [2.05, 4.69) is 4.72 Å². The van der Waals surface area contributed by atoms with Crippen molar-refractivity contribution in [3.63, 3.8) is 0 Å². The first-order valence-corrected chi connectivity index (χ1v) is 8.07. The lowest BCUT2D eigenvalue weighted by Crippen LogP contribution is -2.16. The number of nitrogen functional groups attached to an aromatic ring is 1. The molecule has 0 unspecified atom stereocenters. The predicted molar refractivity (Wildman–Crippen MR) is 83.6 cm³/mol. The van der Waals surface area contributed by atoms with Crippen LogP contribution in [0.5, 0.6) is 0 Å². The molecule has 0 saturated carbocycles. The molecule has 0 amide bonds. The molecule has 0 aliphatic carbocycles. The van der Waals surface area contributed by atoms with Crippen molar-refractivity contribution in [1.29, 1.82) is 0 Å².